The fraction of sp³-hybridized carbons (Fsp3) is 0.467. The summed E-state index contributed by atoms with van der Waals surface area (Å²) in [6, 6.07) is 2.57. The second-order valence-corrected chi connectivity index (χ2v) is 4.97. The summed E-state index contributed by atoms with van der Waals surface area (Å²) in [5.41, 5.74) is 3.76. The Morgan fingerprint density at radius 2 is 2.16 bits per heavy atom. The molecule has 0 aliphatic carbocycles. The van der Waals surface area contributed by atoms with Crippen molar-refractivity contribution in [2.24, 2.45) is 7.05 Å². The Bertz CT molecular complexity index is 518. The van der Waals surface area contributed by atoms with Crippen molar-refractivity contribution < 1.29 is 0 Å². The Morgan fingerprint density at radius 1 is 1.32 bits per heavy atom. The summed E-state index contributed by atoms with van der Waals surface area (Å²) >= 11 is 0. The first-order valence-corrected chi connectivity index (χ1v) is 6.81. The van der Waals surface area contributed by atoms with Crippen LogP contribution >= 0.6 is 0 Å². The van der Waals surface area contributed by atoms with E-state index in [-0.39, 0.29) is 0 Å². The highest BCUT2D eigenvalue weighted by Gasteiger charge is 2.11. The third kappa shape index (κ3) is 3.89. The minimum atomic E-state index is 0.359. The van der Waals surface area contributed by atoms with Crippen LogP contribution in [0.2, 0.25) is 0 Å². The average Bonchev–Trinajstić information content (AvgIpc) is 2.80. The fourth-order valence-corrected chi connectivity index (χ4v) is 2.31. The second kappa shape index (κ2) is 6.48. The van der Waals surface area contributed by atoms with Gasteiger partial charge in [-0.15, -0.1) is 0 Å². The van der Waals surface area contributed by atoms with Crippen LogP contribution in [-0.2, 0) is 13.5 Å². The van der Waals surface area contributed by atoms with E-state index in [1.165, 1.54) is 16.7 Å². The van der Waals surface area contributed by atoms with E-state index in [0.29, 0.717) is 6.04 Å². The molecule has 0 aromatic carbocycles. The lowest BCUT2D eigenvalue weighted by Crippen LogP contribution is -2.21. The van der Waals surface area contributed by atoms with Crippen LogP contribution in [0.4, 0.5) is 0 Å². The lowest BCUT2D eigenvalue weighted by molar-refractivity contribution is 0.513. The Kier molecular flexibility index (Phi) is 4.68. The van der Waals surface area contributed by atoms with Crippen molar-refractivity contribution in [2.45, 2.75) is 32.7 Å². The molecule has 2 aromatic rings. The second-order valence-electron chi connectivity index (χ2n) is 4.97. The molecule has 0 fully saturated rings. The zero-order valence-electron chi connectivity index (χ0n) is 11.9. The van der Waals surface area contributed by atoms with Crippen LogP contribution in [0.5, 0.6) is 0 Å². The first kappa shape index (κ1) is 13.7. The topological polar surface area (TPSA) is 42.7 Å². The molecule has 19 heavy (non-hydrogen) atoms. The van der Waals surface area contributed by atoms with Crippen molar-refractivity contribution in [3.63, 3.8) is 0 Å². The Hall–Kier alpha value is -1.68. The van der Waals surface area contributed by atoms with Gasteiger partial charge in [-0.05, 0) is 43.0 Å². The van der Waals surface area contributed by atoms with Crippen LogP contribution in [0.15, 0.2) is 30.9 Å². The molecule has 0 saturated carbocycles. The molecule has 1 N–H and O–H groups in total. The van der Waals surface area contributed by atoms with Crippen LogP contribution in [0.3, 0.4) is 0 Å². The van der Waals surface area contributed by atoms with Crippen molar-refractivity contribution >= 4 is 0 Å². The summed E-state index contributed by atoms with van der Waals surface area (Å²) in [4.78, 5) is 4.29. The molecule has 102 valence electrons. The third-order valence-electron chi connectivity index (χ3n) is 3.23. The van der Waals surface area contributed by atoms with Crippen LogP contribution in [0, 0.1) is 6.92 Å². The van der Waals surface area contributed by atoms with E-state index < -0.39 is 0 Å². The molecule has 2 rings (SSSR count). The number of hydrogen-bond acceptors (Lipinski definition) is 3. The number of aryl methyl sites for hydroxylation is 3. The minimum Gasteiger partial charge on any atom is -0.310 e. The third-order valence-corrected chi connectivity index (χ3v) is 3.23. The van der Waals surface area contributed by atoms with E-state index in [9.17, 15) is 0 Å². The van der Waals surface area contributed by atoms with Crippen LogP contribution in [0.1, 0.15) is 36.1 Å². The molecular weight excluding hydrogens is 236 g/mol. The lowest BCUT2D eigenvalue weighted by atomic mass is 10.0. The van der Waals surface area contributed by atoms with Gasteiger partial charge in [-0.25, -0.2) is 0 Å². The van der Waals surface area contributed by atoms with Gasteiger partial charge < -0.3 is 5.32 Å². The predicted molar refractivity (Wildman–Crippen MR) is 76.9 cm³/mol. The van der Waals surface area contributed by atoms with Gasteiger partial charge in [0.05, 0.1) is 6.20 Å². The Labute approximate surface area is 114 Å². The fourth-order valence-electron chi connectivity index (χ4n) is 2.31. The maximum absolute atomic E-state index is 4.29. The summed E-state index contributed by atoms with van der Waals surface area (Å²) in [6.45, 7) is 5.19. The smallest absolute Gasteiger partial charge is 0.0521 e. The van der Waals surface area contributed by atoms with E-state index in [1.807, 2.05) is 30.3 Å². The molecule has 4 nitrogen and oxygen atoms in total. The maximum Gasteiger partial charge on any atom is 0.0521 e. The first-order valence-electron chi connectivity index (χ1n) is 6.81. The van der Waals surface area contributed by atoms with Crippen molar-refractivity contribution in [2.75, 3.05) is 6.54 Å². The molecule has 0 aliphatic heterocycles. The number of aromatic nitrogens is 3. The monoisotopic (exact) mass is 258 g/mol. The van der Waals surface area contributed by atoms with Gasteiger partial charge in [0, 0.05) is 31.7 Å². The van der Waals surface area contributed by atoms with E-state index >= 15 is 0 Å². The molecular formula is C15H22N4. The minimum absolute atomic E-state index is 0.359. The number of rotatable bonds is 6. The molecule has 1 atom stereocenters. The van der Waals surface area contributed by atoms with Gasteiger partial charge >= 0.3 is 0 Å². The maximum atomic E-state index is 4.29. The van der Waals surface area contributed by atoms with Gasteiger partial charge in [-0.1, -0.05) is 13.0 Å². The van der Waals surface area contributed by atoms with Gasteiger partial charge in [-0.2, -0.15) is 5.10 Å². The molecule has 2 heterocycles. The number of hydrogen-bond donors (Lipinski definition) is 1. The lowest BCUT2D eigenvalue weighted by Gasteiger charge is -2.18. The number of pyridine rings is 1. The standard InChI is InChI=1S/C15H22N4/c1-4-17-15(14-7-12(2)8-16-10-14)6-5-13-9-18-19(3)11-13/h7-11,15,17H,4-6H2,1-3H3. The summed E-state index contributed by atoms with van der Waals surface area (Å²) in [7, 11) is 1.95. The van der Waals surface area contributed by atoms with E-state index in [4.69, 9.17) is 0 Å². The molecule has 1 unspecified atom stereocenters. The van der Waals surface area contributed by atoms with Gasteiger partial charge in [0.2, 0.25) is 0 Å². The van der Waals surface area contributed by atoms with Gasteiger partial charge in [0.25, 0.3) is 0 Å². The zero-order valence-corrected chi connectivity index (χ0v) is 11.9. The van der Waals surface area contributed by atoms with Crippen molar-refractivity contribution in [1.82, 2.24) is 20.1 Å². The Balaban J connectivity index is 2.03. The summed E-state index contributed by atoms with van der Waals surface area (Å²) in [6.07, 6.45) is 9.97. The normalized spacial score (nSPS) is 12.6. The average molecular weight is 258 g/mol. The molecule has 0 aliphatic rings. The highest BCUT2D eigenvalue weighted by atomic mass is 15.2. The number of nitrogens with one attached hydrogen (secondary N) is 1. The van der Waals surface area contributed by atoms with E-state index in [2.05, 4.69) is 41.5 Å². The SMILES string of the molecule is CCNC(CCc1cnn(C)c1)c1cncc(C)c1. The Morgan fingerprint density at radius 3 is 2.79 bits per heavy atom. The van der Waals surface area contributed by atoms with E-state index in [1.54, 1.807) is 0 Å². The highest BCUT2D eigenvalue weighted by molar-refractivity contribution is 5.20. The van der Waals surface area contributed by atoms with Crippen LogP contribution in [-0.4, -0.2) is 21.3 Å². The van der Waals surface area contributed by atoms with Gasteiger partial charge in [0.1, 0.15) is 0 Å². The van der Waals surface area contributed by atoms with Crippen molar-refractivity contribution in [1.29, 1.82) is 0 Å². The molecule has 0 saturated heterocycles. The molecule has 4 heteroatoms. The summed E-state index contributed by atoms with van der Waals surface area (Å²) in [5, 5.41) is 7.75. The van der Waals surface area contributed by atoms with Gasteiger partial charge in [0.15, 0.2) is 0 Å². The molecule has 0 spiro atoms. The molecule has 2 aromatic heterocycles. The zero-order chi connectivity index (χ0) is 13.7. The van der Waals surface area contributed by atoms with Crippen molar-refractivity contribution in [3.8, 4) is 0 Å². The summed E-state index contributed by atoms with van der Waals surface area (Å²) < 4.78 is 1.85. The molecule has 0 radical (unpaired) electrons. The van der Waals surface area contributed by atoms with Crippen molar-refractivity contribution in [3.05, 3.63) is 47.5 Å². The first-order chi connectivity index (χ1) is 9.19. The molecule has 0 amide bonds. The number of nitrogens with zero attached hydrogens (tertiary/aromatic N) is 3. The quantitative estimate of drug-likeness (QED) is 0.865. The predicted octanol–water partition coefficient (Wildman–Crippen LogP) is 2.41. The summed E-state index contributed by atoms with van der Waals surface area (Å²) in [5.74, 6) is 0. The van der Waals surface area contributed by atoms with Gasteiger partial charge in [-0.3, -0.25) is 9.67 Å². The van der Waals surface area contributed by atoms with Crippen LogP contribution < -0.4 is 5.32 Å². The largest absolute Gasteiger partial charge is 0.310 e. The highest BCUT2D eigenvalue weighted by Crippen LogP contribution is 2.19. The molecule has 0 bridgehead atoms. The van der Waals surface area contributed by atoms with E-state index in [0.717, 1.165) is 19.4 Å². The van der Waals surface area contributed by atoms with Crippen LogP contribution in [0.25, 0.3) is 0 Å².